The summed E-state index contributed by atoms with van der Waals surface area (Å²) in [6.07, 6.45) is -1.12. The summed E-state index contributed by atoms with van der Waals surface area (Å²) in [5, 5.41) is 2.62. The number of halogens is 2. The highest BCUT2D eigenvalue weighted by Gasteiger charge is 2.20. The minimum Gasteiger partial charge on any atom is -0.492 e. The van der Waals surface area contributed by atoms with Crippen molar-refractivity contribution in [1.29, 1.82) is 0 Å². The summed E-state index contributed by atoms with van der Waals surface area (Å²) in [5.41, 5.74) is 0.432. The molecule has 0 heterocycles. The van der Waals surface area contributed by atoms with Crippen molar-refractivity contribution in [2.24, 2.45) is 0 Å². The summed E-state index contributed by atoms with van der Waals surface area (Å²) in [4.78, 5) is 24.4. The van der Waals surface area contributed by atoms with E-state index in [1.165, 1.54) is 25.1 Å². The summed E-state index contributed by atoms with van der Waals surface area (Å²) >= 11 is 0. The Balaban J connectivity index is 2.01. The number of ether oxygens (including phenoxy) is 3. The number of alkyl halides is 2. The van der Waals surface area contributed by atoms with E-state index < -0.39 is 24.6 Å². The van der Waals surface area contributed by atoms with Crippen LogP contribution in [0.4, 0.5) is 14.5 Å². The summed E-state index contributed by atoms with van der Waals surface area (Å²) in [6, 6.07) is 12.0. The fraction of sp³-hybridized carbons (Fsp3) is 0.263. The highest BCUT2D eigenvalue weighted by atomic mass is 19.3. The molecule has 0 spiro atoms. The molecule has 0 saturated heterocycles. The Labute approximate surface area is 155 Å². The Hall–Kier alpha value is -3.16. The highest BCUT2D eigenvalue weighted by molar-refractivity contribution is 5.98. The molecule has 1 atom stereocenters. The summed E-state index contributed by atoms with van der Waals surface area (Å²) in [7, 11) is 0. The van der Waals surface area contributed by atoms with Crippen molar-refractivity contribution in [2.45, 2.75) is 26.6 Å². The zero-order valence-electron chi connectivity index (χ0n) is 14.8. The van der Waals surface area contributed by atoms with Crippen LogP contribution in [0.15, 0.2) is 48.5 Å². The maximum absolute atomic E-state index is 12.3. The van der Waals surface area contributed by atoms with Gasteiger partial charge in [-0.2, -0.15) is 8.78 Å². The topological polar surface area (TPSA) is 73.9 Å². The van der Waals surface area contributed by atoms with Crippen LogP contribution in [0, 0.1) is 0 Å². The number of esters is 1. The monoisotopic (exact) mass is 379 g/mol. The van der Waals surface area contributed by atoms with E-state index in [9.17, 15) is 18.4 Å². The molecule has 0 bridgehead atoms. The highest BCUT2D eigenvalue weighted by Crippen LogP contribution is 2.24. The summed E-state index contributed by atoms with van der Waals surface area (Å²) in [6.45, 7) is 0.630. The summed E-state index contributed by atoms with van der Waals surface area (Å²) in [5.74, 6) is -1.09. The Morgan fingerprint density at radius 2 is 1.85 bits per heavy atom. The summed E-state index contributed by atoms with van der Waals surface area (Å²) < 4.78 is 39.3. The zero-order valence-corrected chi connectivity index (χ0v) is 14.8. The molecule has 6 nitrogen and oxygen atoms in total. The van der Waals surface area contributed by atoms with Gasteiger partial charge in [0.25, 0.3) is 5.91 Å². The first-order chi connectivity index (χ1) is 12.9. The van der Waals surface area contributed by atoms with Gasteiger partial charge >= 0.3 is 12.6 Å². The van der Waals surface area contributed by atoms with Crippen LogP contribution < -0.4 is 14.8 Å². The Morgan fingerprint density at radius 3 is 2.56 bits per heavy atom. The fourth-order valence-corrected chi connectivity index (χ4v) is 2.17. The van der Waals surface area contributed by atoms with Gasteiger partial charge in [-0.05, 0) is 44.2 Å². The molecule has 1 amide bonds. The molecule has 1 N–H and O–H groups in total. The second kappa shape index (κ2) is 9.51. The van der Waals surface area contributed by atoms with Gasteiger partial charge in [0.05, 0.1) is 17.9 Å². The van der Waals surface area contributed by atoms with E-state index >= 15 is 0 Å². The van der Waals surface area contributed by atoms with Crippen LogP contribution in [0.3, 0.4) is 0 Å². The molecule has 0 aromatic heterocycles. The number of carbonyl (C=O) groups is 2. The number of para-hydroxylation sites is 2. The van der Waals surface area contributed by atoms with Gasteiger partial charge in [0, 0.05) is 0 Å². The Bertz CT molecular complexity index is 797. The molecule has 0 aliphatic rings. The molecule has 144 valence electrons. The lowest BCUT2D eigenvalue weighted by atomic mass is 10.2. The molecule has 1 unspecified atom stereocenters. The Morgan fingerprint density at radius 1 is 1.11 bits per heavy atom. The van der Waals surface area contributed by atoms with Gasteiger partial charge in [-0.15, -0.1) is 0 Å². The lowest BCUT2D eigenvalue weighted by Crippen LogP contribution is -2.30. The lowest BCUT2D eigenvalue weighted by Gasteiger charge is -2.16. The quantitative estimate of drug-likeness (QED) is 0.705. The van der Waals surface area contributed by atoms with Crippen LogP contribution in [0.25, 0.3) is 0 Å². The number of rotatable bonds is 8. The predicted octanol–water partition coefficient (Wildman–Crippen LogP) is 3.87. The molecular formula is C19H19F2NO5. The minimum absolute atomic E-state index is 0.0116. The molecule has 0 radical (unpaired) electrons. The van der Waals surface area contributed by atoms with Gasteiger partial charge < -0.3 is 19.5 Å². The van der Waals surface area contributed by atoms with Crippen molar-refractivity contribution < 1.29 is 32.6 Å². The van der Waals surface area contributed by atoms with Gasteiger partial charge in [-0.1, -0.05) is 18.2 Å². The van der Waals surface area contributed by atoms with Crippen molar-refractivity contribution in [3.63, 3.8) is 0 Å². The van der Waals surface area contributed by atoms with Crippen LogP contribution >= 0.6 is 0 Å². The first-order valence-corrected chi connectivity index (χ1v) is 8.19. The number of benzene rings is 2. The number of carbonyl (C=O) groups excluding carboxylic acids is 2. The third kappa shape index (κ3) is 5.95. The van der Waals surface area contributed by atoms with E-state index in [4.69, 9.17) is 9.47 Å². The van der Waals surface area contributed by atoms with Crippen LogP contribution in [0.1, 0.15) is 24.2 Å². The van der Waals surface area contributed by atoms with E-state index in [0.29, 0.717) is 18.0 Å². The first kappa shape index (κ1) is 20.2. The van der Waals surface area contributed by atoms with E-state index in [-0.39, 0.29) is 11.3 Å². The van der Waals surface area contributed by atoms with Crippen molar-refractivity contribution in [3.8, 4) is 11.5 Å². The zero-order chi connectivity index (χ0) is 19.8. The van der Waals surface area contributed by atoms with Gasteiger partial charge in [-0.25, -0.2) is 4.79 Å². The third-order valence-electron chi connectivity index (χ3n) is 3.39. The largest absolute Gasteiger partial charge is 0.492 e. The van der Waals surface area contributed by atoms with Crippen LogP contribution in [0.2, 0.25) is 0 Å². The third-order valence-corrected chi connectivity index (χ3v) is 3.39. The van der Waals surface area contributed by atoms with Crippen LogP contribution in [0.5, 0.6) is 11.5 Å². The number of hydrogen-bond donors (Lipinski definition) is 1. The maximum atomic E-state index is 12.3. The number of nitrogens with one attached hydrogen (secondary N) is 1. The molecule has 0 saturated carbocycles. The smallest absolute Gasteiger partial charge is 0.387 e. The lowest BCUT2D eigenvalue weighted by molar-refractivity contribution is -0.123. The normalized spacial score (nSPS) is 11.6. The van der Waals surface area contributed by atoms with E-state index in [2.05, 4.69) is 10.1 Å². The van der Waals surface area contributed by atoms with E-state index in [0.717, 1.165) is 6.07 Å². The van der Waals surface area contributed by atoms with Gasteiger partial charge in [0.15, 0.2) is 6.10 Å². The van der Waals surface area contributed by atoms with Gasteiger partial charge in [0.1, 0.15) is 11.5 Å². The van der Waals surface area contributed by atoms with Crippen molar-refractivity contribution >= 4 is 17.6 Å². The number of hydrogen-bond acceptors (Lipinski definition) is 5. The average Bonchev–Trinajstić information content (AvgIpc) is 2.63. The second-order valence-electron chi connectivity index (χ2n) is 5.37. The molecule has 0 aliphatic heterocycles. The number of anilines is 1. The Kier molecular flexibility index (Phi) is 7.10. The maximum Gasteiger partial charge on any atom is 0.387 e. The molecule has 27 heavy (non-hydrogen) atoms. The molecule has 2 aromatic carbocycles. The molecular weight excluding hydrogens is 360 g/mol. The van der Waals surface area contributed by atoms with E-state index in [1.807, 2.05) is 6.92 Å². The van der Waals surface area contributed by atoms with Crippen LogP contribution in [-0.2, 0) is 9.53 Å². The first-order valence-electron chi connectivity index (χ1n) is 8.19. The molecule has 8 heteroatoms. The van der Waals surface area contributed by atoms with Gasteiger partial charge in [-0.3, -0.25) is 4.79 Å². The molecule has 2 aromatic rings. The van der Waals surface area contributed by atoms with Crippen LogP contribution in [-0.4, -0.2) is 31.2 Å². The second-order valence-corrected chi connectivity index (χ2v) is 5.37. The standard InChI is InChI=1S/C19H19F2NO5/c1-3-25-16-10-5-4-9-15(16)22-17(23)12(2)26-18(24)13-7-6-8-14(11-13)27-19(20)21/h4-12,19H,3H2,1-2H3,(H,22,23). The van der Waals surface area contributed by atoms with Gasteiger partial charge in [0.2, 0.25) is 0 Å². The number of amides is 1. The minimum atomic E-state index is -3.01. The molecule has 0 fully saturated rings. The van der Waals surface area contributed by atoms with Crippen molar-refractivity contribution in [1.82, 2.24) is 0 Å². The van der Waals surface area contributed by atoms with Crippen molar-refractivity contribution in [3.05, 3.63) is 54.1 Å². The van der Waals surface area contributed by atoms with E-state index in [1.54, 1.807) is 24.3 Å². The average molecular weight is 379 g/mol. The fourth-order valence-electron chi connectivity index (χ4n) is 2.17. The molecule has 0 aliphatic carbocycles. The predicted molar refractivity (Wildman–Crippen MR) is 94.2 cm³/mol. The SMILES string of the molecule is CCOc1ccccc1NC(=O)C(C)OC(=O)c1cccc(OC(F)F)c1. The molecule has 2 rings (SSSR count). The van der Waals surface area contributed by atoms with Crippen molar-refractivity contribution in [2.75, 3.05) is 11.9 Å².